The Morgan fingerprint density at radius 2 is 1.97 bits per heavy atom. The van der Waals surface area contributed by atoms with Gasteiger partial charge in [-0.25, -0.2) is 4.98 Å². The minimum Gasteiger partial charge on any atom is -0.493 e. The second kappa shape index (κ2) is 7.11. The third kappa shape index (κ3) is 3.55. The number of ether oxygens (including phenoxy) is 1. The number of anilines is 2. The molecular weight excluding hydrogens is 387 g/mol. The summed E-state index contributed by atoms with van der Waals surface area (Å²) in [5.41, 5.74) is 6.74. The van der Waals surface area contributed by atoms with Crippen LogP contribution in [0.25, 0.3) is 5.65 Å². The summed E-state index contributed by atoms with van der Waals surface area (Å²) in [6.07, 6.45) is -4.32. The standard InChI is InChI=1S/C19H20F3N5O2/c1-11-12(3-2-4-14(11)19(20,21)22)9-13-17(23)25-27-16(28)10-15(24-18(13)27)26-5-7-29-8-6-26/h2-4,10,28H,5-9H2,1H3,(H2,23,25). The van der Waals surface area contributed by atoms with E-state index in [4.69, 9.17) is 10.5 Å². The Morgan fingerprint density at radius 3 is 2.66 bits per heavy atom. The first-order chi connectivity index (χ1) is 13.8. The summed E-state index contributed by atoms with van der Waals surface area (Å²) in [6, 6.07) is 5.54. The smallest absolute Gasteiger partial charge is 0.416 e. The van der Waals surface area contributed by atoms with Gasteiger partial charge in [-0.3, -0.25) is 0 Å². The third-order valence-corrected chi connectivity index (χ3v) is 5.14. The molecule has 3 heterocycles. The highest BCUT2D eigenvalue weighted by Crippen LogP contribution is 2.34. The highest BCUT2D eigenvalue weighted by Gasteiger charge is 2.33. The second-order valence-corrected chi connectivity index (χ2v) is 6.94. The molecule has 0 atom stereocenters. The van der Waals surface area contributed by atoms with E-state index in [1.165, 1.54) is 23.6 Å². The summed E-state index contributed by atoms with van der Waals surface area (Å²) in [7, 11) is 0. The summed E-state index contributed by atoms with van der Waals surface area (Å²) in [5, 5.41) is 14.5. The van der Waals surface area contributed by atoms with E-state index in [2.05, 4.69) is 10.1 Å². The molecule has 1 aliphatic rings. The molecule has 2 aromatic heterocycles. The molecule has 1 fully saturated rings. The molecule has 0 bridgehead atoms. The quantitative estimate of drug-likeness (QED) is 0.694. The molecule has 4 rings (SSSR count). The van der Waals surface area contributed by atoms with Gasteiger partial charge in [0.25, 0.3) is 0 Å². The van der Waals surface area contributed by atoms with Crippen LogP contribution in [0.3, 0.4) is 0 Å². The number of rotatable bonds is 3. The van der Waals surface area contributed by atoms with Crippen LogP contribution in [0.5, 0.6) is 5.88 Å². The maximum absolute atomic E-state index is 13.2. The molecule has 1 saturated heterocycles. The minimum atomic E-state index is -4.44. The fourth-order valence-electron chi connectivity index (χ4n) is 3.55. The molecule has 0 unspecified atom stereocenters. The fraction of sp³-hybridized carbons (Fsp3) is 0.368. The molecule has 1 aliphatic heterocycles. The average molecular weight is 407 g/mol. The summed E-state index contributed by atoms with van der Waals surface area (Å²) in [6.45, 7) is 3.77. The van der Waals surface area contributed by atoms with E-state index in [0.29, 0.717) is 48.9 Å². The molecule has 10 heteroatoms. The predicted molar refractivity (Wildman–Crippen MR) is 101 cm³/mol. The number of halogens is 3. The van der Waals surface area contributed by atoms with Crippen molar-refractivity contribution in [3.05, 3.63) is 46.5 Å². The summed E-state index contributed by atoms with van der Waals surface area (Å²) < 4.78 is 46.3. The highest BCUT2D eigenvalue weighted by molar-refractivity contribution is 5.65. The van der Waals surface area contributed by atoms with Crippen molar-refractivity contribution >= 4 is 17.3 Å². The number of alkyl halides is 3. The SMILES string of the molecule is Cc1c(Cc2c(N)nn3c(O)cc(N4CCOCC4)nc23)cccc1C(F)(F)F. The van der Waals surface area contributed by atoms with Gasteiger partial charge in [0.1, 0.15) is 5.82 Å². The molecule has 3 N–H and O–H groups in total. The normalized spacial score (nSPS) is 15.2. The van der Waals surface area contributed by atoms with Gasteiger partial charge in [0.05, 0.1) is 18.8 Å². The second-order valence-electron chi connectivity index (χ2n) is 6.94. The molecule has 1 aromatic carbocycles. The predicted octanol–water partition coefficient (Wildman–Crippen LogP) is 2.77. The van der Waals surface area contributed by atoms with E-state index in [1.54, 1.807) is 6.07 Å². The maximum atomic E-state index is 13.2. The van der Waals surface area contributed by atoms with Crippen LogP contribution >= 0.6 is 0 Å². The van der Waals surface area contributed by atoms with Gasteiger partial charge < -0.3 is 20.5 Å². The van der Waals surface area contributed by atoms with Crippen LogP contribution in [-0.4, -0.2) is 46.0 Å². The Labute approximate surface area is 164 Å². The van der Waals surface area contributed by atoms with Crippen molar-refractivity contribution in [1.29, 1.82) is 0 Å². The van der Waals surface area contributed by atoms with Gasteiger partial charge in [-0.15, -0.1) is 5.10 Å². The number of hydrogen-bond acceptors (Lipinski definition) is 6. The topological polar surface area (TPSA) is 88.9 Å². The lowest BCUT2D eigenvalue weighted by atomic mass is 9.97. The molecule has 0 saturated carbocycles. The van der Waals surface area contributed by atoms with Crippen molar-refractivity contribution in [1.82, 2.24) is 14.6 Å². The van der Waals surface area contributed by atoms with Crippen molar-refractivity contribution in [2.24, 2.45) is 0 Å². The number of nitrogen functional groups attached to an aromatic ring is 1. The molecule has 0 radical (unpaired) electrons. The zero-order chi connectivity index (χ0) is 20.8. The molecule has 0 amide bonds. The first kappa shape index (κ1) is 19.3. The molecule has 0 spiro atoms. The number of nitrogens with zero attached hydrogens (tertiary/aromatic N) is 4. The number of benzene rings is 1. The van der Waals surface area contributed by atoms with Crippen molar-refractivity contribution < 1.29 is 23.0 Å². The van der Waals surface area contributed by atoms with E-state index in [0.717, 1.165) is 6.07 Å². The molecule has 0 aliphatic carbocycles. The number of aromatic hydroxyl groups is 1. The Balaban J connectivity index is 1.78. The molecule has 3 aromatic rings. The van der Waals surface area contributed by atoms with E-state index in [9.17, 15) is 18.3 Å². The van der Waals surface area contributed by atoms with Gasteiger partial charge in [0, 0.05) is 31.1 Å². The van der Waals surface area contributed by atoms with Gasteiger partial charge in [-0.05, 0) is 24.1 Å². The molecular formula is C19H20F3N5O2. The Bertz CT molecular complexity index is 1060. The molecule has 29 heavy (non-hydrogen) atoms. The number of morpholine rings is 1. The third-order valence-electron chi connectivity index (χ3n) is 5.14. The van der Waals surface area contributed by atoms with Crippen molar-refractivity contribution in [2.75, 3.05) is 36.9 Å². The first-order valence-electron chi connectivity index (χ1n) is 9.11. The van der Waals surface area contributed by atoms with E-state index in [-0.39, 0.29) is 23.7 Å². The van der Waals surface area contributed by atoms with Crippen LogP contribution in [0.2, 0.25) is 0 Å². The van der Waals surface area contributed by atoms with Gasteiger partial charge >= 0.3 is 6.18 Å². The van der Waals surface area contributed by atoms with Crippen LogP contribution in [0.15, 0.2) is 24.3 Å². The first-order valence-corrected chi connectivity index (χ1v) is 9.11. The highest BCUT2D eigenvalue weighted by atomic mass is 19.4. The van der Waals surface area contributed by atoms with Crippen LogP contribution in [0, 0.1) is 6.92 Å². The monoisotopic (exact) mass is 407 g/mol. The van der Waals surface area contributed by atoms with Crippen molar-refractivity contribution in [2.45, 2.75) is 19.5 Å². The van der Waals surface area contributed by atoms with Crippen molar-refractivity contribution in [3.8, 4) is 5.88 Å². The Morgan fingerprint density at radius 1 is 1.24 bits per heavy atom. The number of hydrogen-bond donors (Lipinski definition) is 2. The average Bonchev–Trinajstić information content (AvgIpc) is 2.99. The van der Waals surface area contributed by atoms with Gasteiger partial charge in [0.2, 0.25) is 5.88 Å². The lowest BCUT2D eigenvalue weighted by molar-refractivity contribution is -0.138. The van der Waals surface area contributed by atoms with Gasteiger partial charge in [-0.1, -0.05) is 12.1 Å². The summed E-state index contributed by atoms with van der Waals surface area (Å²) in [4.78, 5) is 6.55. The Hall–Kier alpha value is -3.01. The maximum Gasteiger partial charge on any atom is 0.416 e. The van der Waals surface area contributed by atoms with E-state index in [1.807, 2.05) is 4.90 Å². The van der Waals surface area contributed by atoms with E-state index >= 15 is 0 Å². The zero-order valence-electron chi connectivity index (χ0n) is 15.7. The van der Waals surface area contributed by atoms with Gasteiger partial charge in [0.15, 0.2) is 11.5 Å². The lowest BCUT2D eigenvalue weighted by Crippen LogP contribution is -2.36. The number of nitrogens with two attached hydrogens (primary N) is 1. The van der Waals surface area contributed by atoms with Crippen LogP contribution in [0.1, 0.15) is 22.3 Å². The van der Waals surface area contributed by atoms with Crippen molar-refractivity contribution in [3.63, 3.8) is 0 Å². The Kier molecular flexibility index (Phi) is 4.73. The summed E-state index contributed by atoms with van der Waals surface area (Å²) >= 11 is 0. The number of aromatic nitrogens is 3. The fourth-order valence-corrected chi connectivity index (χ4v) is 3.55. The van der Waals surface area contributed by atoms with Crippen LogP contribution < -0.4 is 10.6 Å². The number of fused-ring (bicyclic) bond motifs is 1. The zero-order valence-corrected chi connectivity index (χ0v) is 15.7. The van der Waals surface area contributed by atoms with Gasteiger partial charge in [-0.2, -0.15) is 17.7 Å². The lowest BCUT2D eigenvalue weighted by Gasteiger charge is -2.27. The van der Waals surface area contributed by atoms with Crippen LogP contribution in [-0.2, 0) is 17.3 Å². The molecule has 154 valence electrons. The largest absolute Gasteiger partial charge is 0.493 e. The molecule has 7 nitrogen and oxygen atoms in total. The van der Waals surface area contributed by atoms with Crippen LogP contribution in [0.4, 0.5) is 24.8 Å². The summed E-state index contributed by atoms with van der Waals surface area (Å²) in [5.74, 6) is 0.513. The minimum absolute atomic E-state index is 0.115. The van der Waals surface area contributed by atoms with E-state index < -0.39 is 11.7 Å².